The van der Waals surface area contributed by atoms with Crippen LogP contribution in [-0.2, 0) is 6.18 Å². The van der Waals surface area contributed by atoms with Gasteiger partial charge in [-0.15, -0.1) is 0 Å². The van der Waals surface area contributed by atoms with E-state index in [2.05, 4.69) is 25.2 Å². The molecule has 1 amide bonds. The molecule has 1 aromatic carbocycles. The molecule has 0 saturated carbocycles. The average Bonchev–Trinajstić information content (AvgIpc) is 2.87. The Morgan fingerprint density at radius 2 is 1.75 bits per heavy atom. The van der Waals surface area contributed by atoms with Crippen LogP contribution in [0.3, 0.4) is 0 Å². The van der Waals surface area contributed by atoms with Crippen LogP contribution < -0.4 is 20.5 Å². The van der Waals surface area contributed by atoms with Crippen molar-refractivity contribution in [1.29, 1.82) is 0 Å². The first-order valence-electron chi connectivity index (χ1n) is 12.6. The number of anilines is 2. The minimum atomic E-state index is -4.95. The Morgan fingerprint density at radius 1 is 1.12 bits per heavy atom. The molecule has 0 bridgehead atoms. The molecular weight excluding hydrogens is 532 g/mol. The Kier molecular flexibility index (Phi) is 8.15. The second-order valence-electron chi connectivity index (χ2n) is 10.1. The Morgan fingerprint density at radius 3 is 2.33 bits per heavy atom. The number of hydrogen-bond donors (Lipinski definition) is 2. The van der Waals surface area contributed by atoms with Gasteiger partial charge in [0.1, 0.15) is 5.82 Å². The van der Waals surface area contributed by atoms with Gasteiger partial charge in [0.15, 0.2) is 0 Å². The topological polar surface area (TPSA) is 103 Å². The van der Waals surface area contributed by atoms with Crippen molar-refractivity contribution in [3.8, 4) is 17.1 Å². The van der Waals surface area contributed by atoms with Crippen molar-refractivity contribution < 1.29 is 27.1 Å². The second-order valence-corrected chi connectivity index (χ2v) is 10.1. The number of nitrogens with one attached hydrogen (secondary N) is 2. The number of rotatable bonds is 6. The molecule has 3 heterocycles. The Hall–Kier alpha value is -4.00. The zero-order valence-electron chi connectivity index (χ0n) is 22.6. The molecule has 2 atom stereocenters. The minimum Gasteiger partial charge on any atom is -0.461 e. The highest BCUT2D eigenvalue weighted by Gasteiger charge is 2.36. The van der Waals surface area contributed by atoms with E-state index in [-0.39, 0.29) is 41.0 Å². The molecule has 2 aromatic heterocycles. The van der Waals surface area contributed by atoms with E-state index < -0.39 is 34.6 Å². The lowest BCUT2D eigenvalue weighted by molar-refractivity contribution is -0.138. The third-order valence-electron chi connectivity index (χ3n) is 6.79. The Bertz CT molecular complexity index is 1430. The van der Waals surface area contributed by atoms with Gasteiger partial charge in [-0.2, -0.15) is 13.2 Å². The number of halogens is 4. The molecular formula is C27H30F4N6O3. The van der Waals surface area contributed by atoms with E-state index in [0.29, 0.717) is 31.0 Å². The summed E-state index contributed by atoms with van der Waals surface area (Å²) >= 11 is 0. The van der Waals surface area contributed by atoms with Gasteiger partial charge in [0.25, 0.3) is 5.91 Å². The quantitative estimate of drug-likeness (QED) is 0.425. The summed E-state index contributed by atoms with van der Waals surface area (Å²) in [5.41, 5.74) is -2.46. The van der Waals surface area contributed by atoms with E-state index in [9.17, 15) is 22.8 Å². The van der Waals surface area contributed by atoms with Crippen LogP contribution in [0.1, 0.15) is 43.6 Å². The molecule has 9 nitrogen and oxygen atoms in total. The SMILES string of the molecule is CC(C)Oc1ncc(-c2cc(NC(=O)c3c[nH]c(=O)cc3C(F)(F)F)c(N3CC(C)N(C)C(C)C3)cc2F)cn1. The van der Waals surface area contributed by atoms with E-state index in [1.54, 1.807) is 13.8 Å². The van der Waals surface area contributed by atoms with Crippen molar-refractivity contribution in [2.45, 2.75) is 52.1 Å². The molecule has 13 heteroatoms. The van der Waals surface area contributed by atoms with E-state index in [4.69, 9.17) is 4.74 Å². The molecule has 0 radical (unpaired) electrons. The fourth-order valence-corrected chi connectivity index (χ4v) is 4.56. The van der Waals surface area contributed by atoms with Crippen molar-refractivity contribution >= 4 is 17.3 Å². The van der Waals surface area contributed by atoms with Crippen LogP contribution in [0, 0.1) is 5.82 Å². The van der Waals surface area contributed by atoms with Gasteiger partial charge < -0.3 is 19.9 Å². The number of H-pyrrole nitrogens is 1. The predicted octanol–water partition coefficient (Wildman–Crippen LogP) is 4.56. The lowest BCUT2D eigenvalue weighted by atomic mass is 10.0. The normalized spacial score (nSPS) is 18.2. The number of piperazine rings is 1. The number of carbonyl (C=O) groups is 1. The van der Waals surface area contributed by atoms with Gasteiger partial charge in [-0.05, 0) is 46.9 Å². The van der Waals surface area contributed by atoms with Crippen LogP contribution in [0.25, 0.3) is 11.1 Å². The van der Waals surface area contributed by atoms with E-state index in [0.717, 1.165) is 0 Å². The molecule has 3 aromatic rings. The third-order valence-corrected chi connectivity index (χ3v) is 6.79. The van der Waals surface area contributed by atoms with E-state index >= 15 is 4.39 Å². The number of nitrogens with zero attached hydrogens (tertiary/aromatic N) is 4. The number of pyridine rings is 1. The van der Waals surface area contributed by atoms with Crippen molar-refractivity contribution in [1.82, 2.24) is 19.9 Å². The van der Waals surface area contributed by atoms with E-state index in [1.165, 1.54) is 24.5 Å². The Labute approximate surface area is 228 Å². The van der Waals surface area contributed by atoms with Crippen molar-refractivity contribution in [3.05, 3.63) is 64.1 Å². The predicted molar refractivity (Wildman–Crippen MR) is 142 cm³/mol. The van der Waals surface area contributed by atoms with Crippen molar-refractivity contribution in [2.75, 3.05) is 30.4 Å². The number of carbonyl (C=O) groups excluding carboxylic acids is 1. The van der Waals surface area contributed by atoms with E-state index in [1.807, 2.05) is 25.8 Å². The molecule has 0 spiro atoms. The number of alkyl halides is 3. The molecule has 1 aliphatic rings. The van der Waals surface area contributed by atoms with Crippen molar-refractivity contribution in [3.63, 3.8) is 0 Å². The molecule has 1 saturated heterocycles. The first-order valence-corrected chi connectivity index (χ1v) is 12.6. The summed E-state index contributed by atoms with van der Waals surface area (Å²) in [5.74, 6) is -1.75. The highest BCUT2D eigenvalue weighted by molar-refractivity contribution is 6.07. The molecule has 1 aliphatic heterocycles. The molecule has 40 heavy (non-hydrogen) atoms. The lowest BCUT2D eigenvalue weighted by Gasteiger charge is -2.44. The maximum atomic E-state index is 15.6. The zero-order chi connectivity index (χ0) is 29.4. The molecule has 0 aliphatic carbocycles. The summed E-state index contributed by atoms with van der Waals surface area (Å²) in [6.45, 7) is 8.58. The summed E-state index contributed by atoms with van der Waals surface area (Å²) in [6.07, 6.45) is -1.69. The maximum absolute atomic E-state index is 15.6. The fraction of sp³-hybridized carbons (Fsp3) is 0.407. The minimum absolute atomic E-state index is 0.0304. The van der Waals surface area contributed by atoms with Crippen molar-refractivity contribution in [2.24, 2.45) is 0 Å². The van der Waals surface area contributed by atoms with Crippen LogP contribution in [0.5, 0.6) is 6.01 Å². The number of ether oxygens (including phenoxy) is 1. The highest BCUT2D eigenvalue weighted by atomic mass is 19.4. The van der Waals surface area contributed by atoms with Gasteiger partial charge in [0.2, 0.25) is 5.56 Å². The van der Waals surface area contributed by atoms with Crippen LogP contribution in [0.2, 0.25) is 0 Å². The van der Waals surface area contributed by atoms with Crippen LogP contribution in [0.4, 0.5) is 28.9 Å². The number of amides is 1. The third kappa shape index (κ3) is 6.24. The number of benzene rings is 1. The number of hydrogen-bond acceptors (Lipinski definition) is 7. The summed E-state index contributed by atoms with van der Waals surface area (Å²) in [5, 5.41) is 2.52. The standard InChI is InChI=1S/C27H30F4N6O3/c1-14(2)40-26-33-9-17(10-34-26)18-6-22(23(8-21(18)28)37-12-15(3)36(5)16(4)13-37)35-25(39)19-11-32-24(38)7-20(19)27(29,30)31/h6-11,14-16H,12-13H2,1-5H3,(H,32,38)(H,35,39). The molecule has 4 rings (SSSR count). The fourth-order valence-electron chi connectivity index (χ4n) is 4.56. The summed E-state index contributed by atoms with van der Waals surface area (Å²) in [4.78, 5) is 39.1. The highest BCUT2D eigenvalue weighted by Crippen LogP contribution is 2.37. The number of aromatic nitrogens is 3. The smallest absolute Gasteiger partial charge is 0.417 e. The van der Waals surface area contributed by atoms with Crippen LogP contribution in [0.15, 0.2) is 41.6 Å². The van der Waals surface area contributed by atoms with Crippen LogP contribution in [-0.4, -0.2) is 64.1 Å². The van der Waals surface area contributed by atoms with Gasteiger partial charge in [0.05, 0.1) is 28.6 Å². The average molecular weight is 563 g/mol. The first-order chi connectivity index (χ1) is 18.7. The summed E-state index contributed by atoms with van der Waals surface area (Å²) < 4.78 is 61.9. The largest absolute Gasteiger partial charge is 0.461 e. The maximum Gasteiger partial charge on any atom is 0.417 e. The number of aromatic amines is 1. The summed E-state index contributed by atoms with van der Waals surface area (Å²) in [6, 6.07) is 3.17. The molecule has 1 fully saturated rings. The molecule has 2 N–H and O–H groups in total. The monoisotopic (exact) mass is 562 g/mol. The molecule has 2 unspecified atom stereocenters. The van der Waals surface area contributed by atoms with Crippen LogP contribution >= 0.6 is 0 Å². The van der Waals surface area contributed by atoms with Gasteiger partial charge in [-0.25, -0.2) is 14.4 Å². The lowest BCUT2D eigenvalue weighted by Crippen LogP contribution is -2.55. The van der Waals surface area contributed by atoms with Gasteiger partial charge in [-0.1, -0.05) is 0 Å². The second kappa shape index (κ2) is 11.2. The first kappa shape index (κ1) is 29.0. The van der Waals surface area contributed by atoms with Gasteiger partial charge >= 0.3 is 12.2 Å². The zero-order valence-corrected chi connectivity index (χ0v) is 22.6. The Balaban J connectivity index is 1.79. The van der Waals surface area contributed by atoms with Gasteiger partial charge in [0, 0.05) is 61.0 Å². The molecule has 214 valence electrons. The number of likely N-dealkylation sites (N-methyl/N-ethyl adjacent to an activating group) is 1. The van der Waals surface area contributed by atoms with Gasteiger partial charge in [-0.3, -0.25) is 14.5 Å². The summed E-state index contributed by atoms with van der Waals surface area (Å²) in [7, 11) is 1.97.